The topological polar surface area (TPSA) is 63.8 Å². The van der Waals surface area contributed by atoms with Crippen LogP contribution in [0.4, 0.5) is 17.3 Å². The van der Waals surface area contributed by atoms with Crippen molar-refractivity contribution in [2.24, 2.45) is 0 Å². The second-order valence-electron chi connectivity index (χ2n) is 4.54. The summed E-state index contributed by atoms with van der Waals surface area (Å²) in [6, 6.07) is 13.3. The first-order valence-electron chi connectivity index (χ1n) is 6.19. The van der Waals surface area contributed by atoms with E-state index in [4.69, 9.17) is 17.3 Å². The molecule has 1 heterocycles. The van der Waals surface area contributed by atoms with Gasteiger partial charge < -0.3 is 11.1 Å². The Hall–Kier alpha value is -2.33. The van der Waals surface area contributed by atoms with Gasteiger partial charge in [0.2, 0.25) is 0 Å². The summed E-state index contributed by atoms with van der Waals surface area (Å²) in [4.78, 5) is 8.81. The molecule has 100 valence electrons. The van der Waals surface area contributed by atoms with Gasteiger partial charge in [0.25, 0.3) is 0 Å². The van der Waals surface area contributed by atoms with E-state index in [0.717, 1.165) is 22.3 Å². The lowest BCUT2D eigenvalue weighted by Crippen LogP contribution is -2.02. The van der Waals surface area contributed by atoms with Crippen molar-refractivity contribution in [1.82, 2.24) is 9.97 Å². The van der Waals surface area contributed by atoms with Crippen LogP contribution < -0.4 is 11.1 Å². The van der Waals surface area contributed by atoms with Crippen LogP contribution in [0.15, 0.2) is 42.5 Å². The Morgan fingerprint density at radius 3 is 2.45 bits per heavy atom. The second kappa shape index (κ2) is 4.98. The van der Waals surface area contributed by atoms with Gasteiger partial charge in [-0.05, 0) is 36.8 Å². The van der Waals surface area contributed by atoms with E-state index in [1.54, 1.807) is 0 Å². The van der Waals surface area contributed by atoms with E-state index in [1.807, 2.05) is 49.4 Å². The fourth-order valence-corrected chi connectivity index (χ4v) is 2.09. The number of nitrogen functional groups attached to an aromatic ring is 1. The third kappa shape index (κ3) is 2.38. The standard InChI is InChI=1S/C15H13ClN4/c1-9-6-7-10(8-11(9)16)18-15-14(17)19-12-4-2-3-5-13(12)20-15/h2-8H,1H3,(H2,17,19)(H,18,20). The molecule has 0 unspecified atom stereocenters. The van der Waals surface area contributed by atoms with Crippen LogP contribution in [0.1, 0.15) is 5.56 Å². The van der Waals surface area contributed by atoms with Gasteiger partial charge >= 0.3 is 0 Å². The van der Waals surface area contributed by atoms with Crippen LogP contribution in [0.25, 0.3) is 11.0 Å². The van der Waals surface area contributed by atoms with Gasteiger partial charge in [-0.15, -0.1) is 0 Å². The fourth-order valence-electron chi connectivity index (χ4n) is 1.91. The van der Waals surface area contributed by atoms with E-state index in [2.05, 4.69) is 15.3 Å². The molecule has 0 amide bonds. The molecule has 0 spiro atoms. The molecule has 3 rings (SSSR count). The highest BCUT2D eigenvalue weighted by molar-refractivity contribution is 6.31. The highest BCUT2D eigenvalue weighted by atomic mass is 35.5. The van der Waals surface area contributed by atoms with Crippen molar-refractivity contribution < 1.29 is 0 Å². The summed E-state index contributed by atoms with van der Waals surface area (Å²) in [5.74, 6) is 0.893. The average Bonchev–Trinajstić information content (AvgIpc) is 2.44. The van der Waals surface area contributed by atoms with Crippen molar-refractivity contribution in [2.75, 3.05) is 11.1 Å². The van der Waals surface area contributed by atoms with Gasteiger partial charge in [0.15, 0.2) is 11.6 Å². The number of aromatic nitrogens is 2. The number of hydrogen-bond donors (Lipinski definition) is 2. The Bertz CT molecular complexity index is 786. The van der Waals surface area contributed by atoms with E-state index in [0.29, 0.717) is 16.7 Å². The molecule has 4 nitrogen and oxygen atoms in total. The lowest BCUT2D eigenvalue weighted by molar-refractivity contribution is 1.29. The summed E-state index contributed by atoms with van der Waals surface area (Å²) < 4.78 is 0. The van der Waals surface area contributed by atoms with Crippen molar-refractivity contribution in [3.63, 3.8) is 0 Å². The van der Waals surface area contributed by atoms with Crippen molar-refractivity contribution in [1.29, 1.82) is 0 Å². The Labute approximate surface area is 121 Å². The van der Waals surface area contributed by atoms with Gasteiger partial charge in [-0.25, -0.2) is 9.97 Å². The molecule has 0 bridgehead atoms. The largest absolute Gasteiger partial charge is 0.381 e. The fraction of sp³-hybridized carbons (Fsp3) is 0.0667. The minimum atomic E-state index is 0.361. The SMILES string of the molecule is Cc1ccc(Nc2nc3ccccc3nc2N)cc1Cl. The molecule has 3 aromatic rings. The Kier molecular flexibility index (Phi) is 3.16. The number of nitrogens with two attached hydrogens (primary N) is 1. The number of rotatable bonds is 2. The molecule has 0 aliphatic carbocycles. The first-order valence-corrected chi connectivity index (χ1v) is 6.57. The van der Waals surface area contributed by atoms with Gasteiger partial charge in [-0.2, -0.15) is 0 Å². The zero-order valence-electron chi connectivity index (χ0n) is 10.9. The van der Waals surface area contributed by atoms with Gasteiger partial charge in [-0.3, -0.25) is 0 Å². The van der Waals surface area contributed by atoms with Crippen molar-refractivity contribution in [3.05, 3.63) is 53.1 Å². The van der Waals surface area contributed by atoms with Crippen molar-refractivity contribution in [3.8, 4) is 0 Å². The quantitative estimate of drug-likeness (QED) is 0.749. The number of nitrogens with zero attached hydrogens (tertiary/aromatic N) is 2. The van der Waals surface area contributed by atoms with E-state index in [-0.39, 0.29) is 0 Å². The minimum Gasteiger partial charge on any atom is -0.381 e. The van der Waals surface area contributed by atoms with Crippen molar-refractivity contribution in [2.45, 2.75) is 6.92 Å². The number of fused-ring (bicyclic) bond motifs is 1. The van der Waals surface area contributed by atoms with Crippen LogP contribution in [0.2, 0.25) is 5.02 Å². The molecule has 0 radical (unpaired) electrons. The molecule has 0 saturated heterocycles. The summed E-state index contributed by atoms with van der Waals surface area (Å²) in [6.45, 7) is 1.95. The Balaban J connectivity index is 2.01. The van der Waals surface area contributed by atoms with Crippen molar-refractivity contribution >= 4 is 40.0 Å². The second-order valence-corrected chi connectivity index (χ2v) is 4.94. The van der Waals surface area contributed by atoms with E-state index < -0.39 is 0 Å². The molecular formula is C15H13ClN4. The monoisotopic (exact) mass is 284 g/mol. The lowest BCUT2D eigenvalue weighted by Gasteiger charge is -2.10. The summed E-state index contributed by atoms with van der Waals surface area (Å²) in [5, 5.41) is 3.85. The van der Waals surface area contributed by atoms with Crippen LogP contribution in [-0.4, -0.2) is 9.97 Å². The maximum atomic E-state index is 6.11. The third-order valence-electron chi connectivity index (χ3n) is 3.03. The summed E-state index contributed by atoms with van der Waals surface area (Å²) in [6.07, 6.45) is 0. The molecular weight excluding hydrogens is 272 g/mol. The summed E-state index contributed by atoms with van der Waals surface area (Å²) in [7, 11) is 0. The molecule has 0 fully saturated rings. The molecule has 0 aliphatic heterocycles. The van der Waals surface area contributed by atoms with Crippen LogP contribution >= 0.6 is 11.6 Å². The van der Waals surface area contributed by atoms with Gasteiger partial charge in [0.05, 0.1) is 11.0 Å². The van der Waals surface area contributed by atoms with Crippen LogP contribution in [-0.2, 0) is 0 Å². The predicted molar refractivity (Wildman–Crippen MR) is 83.4 cm³/mol. The predicted octanol–water partition coefficient (Wildman–Crippen LogP) is 3.92. The molecule has 20 heavy (non-hydrogen) atoms. The normalized spacial score (nSPS) is 10.7. The van der Waals surface area contributed by atoms with E-state index in [1.165, 1.54) is 0 Å². The maximum absolute atomic E-state index is 6.11. The molecule has 3 N–H and O–H groups in total. The number of para-hydroxylation sites is 2. The Morgan fingerprint density at radius 2 is 1.75 bits per heavy atom. The molecule has 0 saturated carbocycles. The molecule has 0 atom stereocenters. The highest BCUT2D eigenvalue weighted by Gasteiger charge is 2.06. The molecule has 5 heteroatoms. The average molecular weight is 285 g/mol. The lowest BCUT2D eigenvalue weighted by atomic mass is 10.2. The highest BCUT2D eigenvalue weighted by Crippen LogP contribution is 2.25. The number of halogens is 1. The minimum absolute atomic E-state index is 0.361. The number of aryl methyl sites for hydroxylation is 1. The number of benzene rings is 2. The van der Waals surface area contributed by atoms with Gasteiger partial charge in [0.1, 0.15) is 0 Å². The molecule has 2 aromatic carbocycles. The smallest absolute Gasteiger partial charge is 0.174 e. The van der Waals surface area contributed by atoms with E-state index in [9.17, 15) is 0 Å². The van der Waals surface area contributed by atoms with Gasteiger partial charge in [0, 0.05) is 10.7 Å². The zero-order chi connectivity index (χ0) is 14.1. The van der Waals surface area contributed by atoms with Crippen LogP contribution in [0.5, 0.6) is 0 Å². The third-order valence-corrected chi connectivity index (χ3v) is 3.44. The van der Waals surface area contributed by atoms with Gasteiger partial charge in [-0.1, -0.05) is 29.8 Å². The number of anilines is 3. The van der Waals surface area contributed by atoms with Crippen LogP contribution in [0, 0.1) is 6.92 Å². The number of nitrogens with one attached hydrogen (secondary N) is 1. The molecule has 0 aliphatic rings. The summed E-state index contributed by atoms with van der Waals surface area (Å²) in [5.41, 5.74) is 9.36. The number of hydrogen-bond acceptors (Lipinski definition) is 4. The zero-order valence-corrected chi connectivity index (χ0v) is 11.6. The summed E-state index contributed by atoms with van der Waals surface area (Å²) >= 11 is 6.11. The Morgan fingerprint density at radius 1 is 1.05 bits per heavy atom. The maximum Gasteiger partial charge on any atom is 0.174 e. The first kappa shape index (κ1) is 12.7. The first-order chi connectivity index (χ1) is 9.63. The van der Waals surface area contributed by atoms with E-state index >= 15 is 0 Å². The van der Waals surface area contributed by atoms with Crippen LogP contribution in [0.3, 0.4) is 0 Å². The molecule has 1 aromatic heterocycles.